The molecule has 4 atom stereocenters. The van der Waals surface area contributed by atoms with Crippen molar-refractivity contribution in [3.05, 3.63) is 60.1 Å². The summed E-state index contributed by atoms with van der Waals surface area (Å²) in [4.78, 5) is 25.2. The van der Waals surface area contributed by atoms with Crippen molar-refractivity contribution in [2.75, 3.05) is 38.9 Å². The van der Waals surface area contributed by atoms with Crippen LogP contribution in [-0.2, 0) is 19.0 Å². The first-order valence-corrected chi connectivity index (χ1v) is 15.1. The zero-order valence-electron chi connectivity index (χ0n) is 24.5. The van der Waals surface area contributed by atoms with Crippen LogP contribution < -0.4 is 5.32 Å². The number of hydrogen-bond donors (Lipinski definition) is 2. The molecule has 0 radical (unpaired) electrons. The van der Waals surface area contributed by atoms with E-state index in [1.165, 1.54) is 7.11 Å². The number of ether oxygens (including phenoxy) is 3. The fourth-order valence-electron chi connectivity index (χ4n) is 7.02. The van der Waals surface area contributed by atoms with E-state index in [-0.39, 0.29) is 24.0 Å². The lowest BCUT2D eigenvalue weighted by molar-refractivity contribution is -0.174. The highest BCUT2D eigenvalue weighted by Gasteiger charge is 2.53. The average molecular weight is 598 g/mol. The molecule has 2 aromatic heterocycles. The monoisotopic (exact) mass is 597 g/mol. The van der Waals surface area contributed by atoms with Gasteiger partial charge in [-0.2, -0.15) is 5.26 Å². The fourth-order valence-corrected chi connectivity index (χ4v) is 7.02. The Balaban J connectivity index is 1.23. The van der Waals surface area contributed by atoms with Crippen LogP contribution in [-0.4, -0.2) is 90.5 Å². The summed E-state index contributed by atoms with van der Waals surface area (Å²) in [6, 6.07) is 11.6. The lowest BCUT2D eigenvalue weighted by Crippen LogP contribution is -2.66. The van der Waals surface area contributed by atoms with Gasteiger partial charge in [-0.1, -0.05) is 6.07 Å². The van der Waals surface area contributed by atoms with Gasteiger partial charge >= 0.3 is 0 Å². The molecule has 4 aliphatic heterocycles. The van der Waals surface area contributed by atoms with Gasteiger partial charge in [0.05, 0.1) is 48.6 Å². The number of carbonyl (C=O) groups excluding carboxylic acids is 1. The van der Waals surface area contributed by atoms with E-state index in [4.69, 9.17) is 18.6 Å². The van der Waals surface area contributed by atoms with Crippen LogP contribution in [0.25, 0.3) is 22.2 Å². The molecule has 0 aliphatic carbocycles. The highest BCUT2D eigenvalue weighted by atomic mass is 16.5. The van der Waals surface area contributed by atoms with Crippen molar-refractivity contribution in [3.8, 4) is 17.2 Å². The molecule has 0 spiro atoms. The van der Waals surface area contributed by atoms with Crippen molar-refractivity contribution in [1.82, 2.24) is 9.88 Å². The van der Waals surface area contributed by atoms with Crippen molar-refractivity contribution in [1.29, 1.82) is 5.26 Å². The van der Waals surface area contributed by atoms with Crippen molar-refractivity contribution in [3.63, 3.8) is 0 Å². The predicted octanol–water partition coefficient (Wildman–Crippen LogP) is 3.77. The van der Waals surface area contributed by atoms with Crippen molar-refractivity contribution in [2.45, 2.75) is 61.4 Å². The second kappa shape index (κ2) is 11.8. The summed E-state index contributed by atoms with van der Waals surface area (Å²) in [7, 11) is 1.52. The first-order chi connectivity index (χ1) is 21.5. The smallest absolute Gasteiger partial charge is 0.260 e. The molecule has 4 unspecified atom stereocenters. The lowest BCUT2D eigenvalue weighted by atomic mass is 9.80. The van der Waals surface area contributed by atoms with Gasteiger partial charge in [0.1, 0.15) is 17.3 Å². The van der Waals surface area contributed by atoms with E-state index in [1.54, 1.807) is 24.7 Å². The van der Waals surface area contributed by atoms with Gasteiger partial charge in [-0.15, -0.1) is 0 Å². The number of aliphatic imine (C=N–C) groups is 1. The minimum absolute atomic E-state index is 0.211. The van der Waals surface area contributed by atoms with Crippen LogP contribution in [0.3, 0.4) is 0 Å². The Kier molecular flexibility index (Phi) is 7.68. The highest BCUT2D eigenvalue weighted by Crippen LogP contribution is 2.42. The number of anilines is 1. The maximum atomic E-state index is 14.4. The third-order valence-corrected chi connectivity index (χ3v) is 9.28. The second-order valence-electron chi connectivity index (χ2n) is 11.9. The van der Waals surface area contributed by atoms with Crippen LogP contribution in [0.15, 0.2) is 58.2 Å². The van der Waals surface area contributed by atoms with Gasteiger partial charge in [0.2, 0.25) is 0 Å². The van der Waals surface area contributed by atoms with Crippen LogP contribution in [0, 0.1) is 11.3 Å². The number of morpholine rings is 1. The minimum Gasteiger partial charge on any atom is -0.458 e. The van der Waals surface area contributed by atoms with Crippen molar-refractivity contribution >= 4 is 28.9 Å². The average Bonchev–Trinajstić information content (AvgIpc) is 3.49. The van der Waals surface area contributed by atoms with E-state index < -0.39 is 17.6 Å². The number of nitrogens with zero attached hydrogens (tertiary/aromatic N) is 4. The first-order valence-electron chi connectivity index (χ1n) is 15.1. The second-order valence-corrected chi connectivity index (χ2v) is 11.9. The molecule has 4 aliphatic rings. The Labute approximate surface area is 255 Å². The number of amides is 1. The summed E-state index contributed by atoms with van der Waals surface area (Å²) in [5.74, 6) is -0.390. The number of furan rings is 1. The van der Waals surface area contributed by atoms with Gasteiger partial charge < -0.3 is 34.0 Å². The Bertz CT molecular complexity index is 1640. The van der Waals surface area contributed by atoms with E-state index in [2.05, 4.69) is 21.4 Å². The van der Waals surface area contributed by atoms with E-state index in [0.29, 0.717) is 61.7 Å². The molecular formula is C33H35N5O6. The molecule has 3 aromatic rings. The molecule has 11 nitrogen and oxygen atoms in total. The number of methoxy groups -OCH3 is 1. The van der Waals surface area contributed by atoms with Crippen LogP contribution in [0.5, 0.6) is 0 Å². The number of hydrogen-bond acceptors (Lipinski definition) is 10. The van der Waals surface area contributed by atoms with Gasteiger partial charge in [0, 0.05) is 56.6 Å². The number of benzene rings is 1. The zero-order chi connectivity index (χ0) is 30.3. The number of carbonyl (C=O) groups is 1. The van der Waals surface area contributed by atoms with Crippen LogP contribution in [0.4, 0.5) is 5.69 Å². The van der Waals surface area contributed by atoms with Crippen LogP contribution in [0.1, 0.15) is 42.9 Å². The molecule has 2 bridgehead atoms. The molecule has 228 valence electrons. The Morgan fingerprint density at radius 1 is 1.16 bits per heavy atom. The molecule has 3 saturated heterocycles. The SMILES string of the molecule is COC1(C(=O)N2C3COCC2CC(O)C3)C=CN=CC1c1cc2nccc(-c3ccc(NC4CCOCC4)c(C#N)c3)c2o1. The zero-order valence-corrected chi connectivity index (χ0v) is 24.5. The topological polar surface area (TPSA) is 142 Å². The van der Waals surface area contributed by atoms with Crippen molar-refractivity contribution in [2.24, 2.45) is 4.99 Å². The molecular weight excluding hydrogens is 562 g/mol. The summed E-state index contributed by atoms with van der Waals surface area (Å²) in [6.45, 7) is 2.16. The quantitative estimate of drug-likeness (QED) is 0.434. The molecule has 6 heterocycles. The van der Waals surface area contributed by atoms with E-state index in [1.807, 2.05) is 35.2 Å². The number of aliphatic hydroxyl groups excluding tert-OH is 1. The lowest BCUT2D eigenvalue weighted by Gasteiger charge is -2.50. The Hall–Kier alpha value is -4.08. The number of fused-ring (bicyclic) bond motifs is 3. The van der Waals surface area contributed by atoms with E-state index >= 15 is 0 Å². The maximum Gasteiger partial charge on any atom is 0.260 e. The van der Waals surface area contributed by atoms with Crippen molar-refractivity contribution < 1.29 is 28.5 Å². The molecule has 44 heavy (non-hydrogen) atoms. The Morgan fingerprint density at radius 3 is 2.70 bits per heavy atom. The number of rotatable bonds is 6. The number of nitriles is 1. The summed E-state index contributed by atoms with van der Waals surface area (Å²) < 4.78 is 23.8. The molecule has 1 aromatic carbocycles. The first kappa shape index (κ1) is 28.7. The number of pyridine rings is 1. The van der Waals surface area contributed by atoms with E-state index in [0.717, 1.165) is 29.7 Å². The highest BCUT2D eigenvalue weighted by molar-refractivity contribution is 5.96. The Morgan fingerprint density at radius 2 is 1.95 bits per heavy atom. The maximum absolute atomic E-state index is 14.4. The number of nitrogens with one attached hydrogen (secondary N) is 1. The third kappa shape index (κ3) is 4.98. The molecule has 7 rings (SSSR count). The summed E-state index contributed by atoms with van der Waals surface area (Å²) in [6.07, 6.45) is 8.88. The number of aliphatic hydroxyl groups is 1. The standard InChI is InChI=1S/C33H35N5O6/c1-41-33(32(40)38-23-13-25(39)14-24(38)19-43-18-23)7-9-35-17-27(33)30-15-29-31(44-30)26(4-8-36-29)20-2-3-28(21(12-20)16-34)37-22-5-10-42-11-6-22/h2-4,7-9,12,15,17,22-25,27,37,39H,5-6,10-11,13-14,18-19H2,1H3. The van der Waals surface area contributed by atoms with Crippen LogP contribution in [0.2, 0.25) is 0 Å². The third-order valence-electron chi connectivity index (χ3n) is 9.28. The normalized spacial score (nSPS) is 28.6. The molecule has 11 heteroatoms. The summed E-state index contributed by atoms with van der Waals surface area (Å²) in [5.41, 5.74) is 2.69. The van der Waals surface area contributed by atoms with Gasteiger partial charge in [-0.05, 0) is 55.5 Å². The molecule has 0 saturated carbocycles. The molecule has 1 amide bonds. The minimum atomic E-state index is -1.41. The largest absolute Gasteiger partial charge is 0.458 e. The van der Waals surface area contributed by atoms with Gasteiger partial charge in [0.25, 0.3) is 5.91 Å². The van der Waals surface area contributed by atoms with E-state index in [9.17, 15) is 15.2 Å². The summed E-state index contributed by atoms with van der Waals surface area (Å²) >= 11 is 0. The van der Waals surface area contributed by atoms with Gasteiger partial charge in [-0.25, -0.2) is 0 Å². The van der Waals surface area contributed by atoms with Gasteiger partial charge in [-0.3, -0.25) is 14.8 Å². The van der Waals surface area contributed by atoms with Crippen LogP contribution >= 0.6 is 0 Å². The predicted molar refractivity (Wildman–Crippen MR) is 162 cm³/mol. The number of aromatic nitrogens is 1. The van der Waals surface area contributed by atoms with Gasteiger partial charge in [0.15, 0.2) is 11.2 Å². The molecule has 2 N–H and O–H groups in total. The summed E-state index contributed by atoms with van der Waals surface area (Å²) in [5, 5.41) is 23.9. The fraction of sp³-hybridized carbons (Fsp3) is 0.455. The molecule has 3 fully saturated rings. The number of piperidine rings is 1.